The topological polar surface area (TPSA) is 80.9 Å². The highest BCUT2D eigenvalue weighted by Gasteiger charge is 2.16. The van der Waals surface area contributed by atoms with Gasteiger partial charge in [-0.1, -0.05) is 27.7 Å². The van der Waals surface area contributed by atoms with Gasteiger partial charge in [-0.2, -0.15) is 0 Å². The summed E-state index contributed by atoms with van der Waals surface area (Å²) in [5.41, 5.74) is 1.38. The lowest BCUT2D eigenvalue weighted by molar-refractivity contribution is -0.137. The monoisotopic (exact) mass is 342 g/mol. The SMILES string of the molecule is O=C(O)CCn1c(-c2cnns2)nc2cc(Cl)c(Cl)cc21. The summed E-state index contributed by atoms with van der Waals surface area (Å²) in [6, 6.07) is 3.35. The van der Waals surface area contributed by atoms with E-state index in [1.165, 1.54) is 11.5 Å². The Kier molecular flexibility index (Phi) is 3.79. The van der Waals surface area contributed by atoms with Crippen molar-refractivity contribution in [3.05, 3.63) is 28.4 Å². The molecule has 2 aromatic heterocycles. The minimum absolute atomic E-state index is 0.0229. The quantitative estimate of drug-likeness (QED) is 0.786. The summed E-state index contributed by atoms with van der Waals surface area (Å²) in [4.78, 5) is 16.1. The lowest BCUT2D eigenvalue weighted by Gasteiger charge is -2.06. The number of carbonyl (C=O) groups is 1. The van der Waals surface area contributed by atoms with E-state index in [-0.39, 0.29) is 13.0 Å². The van der Waals surface area contributed by atoms with Crippen molar-refractivity contribution in [1.29, 1.82) is 0 Å². The molecule has 0 radical (unpaired) electrons. The molecule has 2 heterocycles. The summed E-state index contributed by atoms with van der Waals surface area (Å²) >= 11 is 13.2. The molecule has 0 atom stereocenters. The molecule has 1 aromatic carbocycles. The summed E-state index contributed by atoms with van der Waals surface area (Å²) in [6.07, 6.45) is 1.57. The van der Waals surface area contributed by atoms with Gasteiger partial charge in [-0.25, -0.2) is 4.98 Å². The molecule has 0 aliphatic rings. The van der Waals surface area contributed by atoms with Crippen molar-refractivity contribution in [3.63, 3.8) is 0 Å². The second-order valence-electron chi connectivity index (χ2n) is 4.27. The van der Waals surface area contributed by atoms with Crippen LogP contribution in [0.2, 0.25) is 10.0 Å². The Bertz CT molecular complexity index is 816. The van der Waals surface area contributed by atoms with Crippen LogP contribution in [-0.2, 0) is 11.3 Å². The molecule has 0 amide bonds. The number of aromatic nitrogens is 4. The zero-order valence-corrected chi connectivity index (χ0v) is 12.8. The van der Waals surface area contributed by atoms with E-state index in [9.17, 15) is 4.79 Å². The largest absolute Gasteiger partial charge is 0.481 e. The first kappa shape index (κ1) is 14.2. The maximum absolute atomic E-state index is 10.8. The van der Waals surface area contributed by atoms with E-state index >= 15 is 0 Å². The zero-order chi connectivity index (χ0) is 15.0. The third-order valence-electron chi connectivity index (χ3n) is 2.92. The number of hydrogen-bond acceptors (Lipinski definition) is 5. The average Bonchev–Trinajstić information content (AvgIpc) is 3.04. The highest BCUT2D eigenvalue weighted by Crippen LogP contribution is 2.32. The molecule has 0 aliphatic carbocycles. The van der Waals surface area contributed by atoms with Crippen molar-refractivity contribution in [1.82, 2.24) is 19.1 Å². The summed E-state index contributed by atoms with van der Waals surface area (Å²) in [7, 11) is 0. The first-order chi connectivity index (χ1) is 10.1. The van der Waals surface area contributed by atoms with Gasteiger partial charge >= 0.3 is 5.97 Å². The van der Waals surface area contributed by atoms with E-state index in [0.29, 0.717) is 21.4 Å². The molecule has 0 spiro atoms. The Morgan fingerprint density at radius 2 is 2.10 bits per heavy atom. The summed E-state index contributed by atoms with van der Waals surface area (Å²) in [5, 5.41) is 13.5. The van der Waals surface area contributed by atoms with Gasteiger partial charge in [0, 0.05) is 6.54 Å². The van der Waals surface area contributed by atoms with Gasteiger partial charge in [-0.05, 0) is 23.7 Å². The summed E-state index contributed by atoms with van der Waals surface area (Å²) < 4.78 is 5.60. The lowest BCUT2D eigenvalue weighted by atomic mass is 10.3. The normalized spacial score (nSPS) is 11.1. The molecule has 1 N–H and O–H groups in total. The van der Waals surface area contributed by atoms with Crippen LogP contribution in [0.1, 0.15) is 6.42 Å². The van der Waals surface area contributed by atoms with Crippen molar-refractivity contribution in [2.24, 2.45) is 0 Å². The average molecular weight is 343 g/mol. The molecular formula is C12H8Cl2N4O2S. The van der Waals surface area contributed by atoms with E-state index in [0.717, 1.165) is 10.4 Å². The summed E-state index contributed by atoms with van der Waals surface area (Å²) in [5.74, 6) is -0.273. The highest BCUT2D eigenvalue weighted by atomic mass is 35.5. The number of hydrogen-bond donors (Lipinski definition) is 1. The Morgan fingerprint density at radius 1 is 1.33 bits per heavy atom. The molecule has 6 nitrogen and oxygen atoms in total. The lowest BCUT2D eigenvalue weighted by Crippen LogP contribution is -2.05. The van der Waals surface area contributed by atoms with Gasteiger partial charge in [0.1, 0.15) is 4.88 Å². The Labute approximate surface area is 133 Å². The standard InChI is InChI=1S/C12H8Cl2N4O2S/c13-6-3-8-9(4-7(6)14)18(2-1-11(19)20)12(16-8)10-5-15-17-21-10/h3-5H,1-2H2,(H,19,20). The molecule has 21 heavy (non-hydrogen) atoms. The van der Waals surface area contributed by atoms with E-state index in [1.807, 2.05) is 0 Å². The Hall–Kier alpha value is -1.70. The van der Waals surface area contributed by atoms with Crippen molar-refractivity contribution >= 4 is 51.7 Å². The number of nitrogens with zero attached hydrogens (tertiary/aromatic N) is 4. The van der Waals surface area contributed by atoms with E-state index in [4.69, 9.17) is 28.3 Å². The van der Waals surface area contributed by atoms with Crippen molar-refractivity contribution < 1.29 is 9.90 Å². The first-order valence-electron chi connectivity index (χ1n) is 5.91. The predicted octanol–water partition coefficient (Wildman–Crippen LogP) is 3.34. The smallest absolute Gasteiger partial charge is 0.305 e. The first-order valence-corrected chi connectivity index (χ1v) is 7.44. The fourth-order valence-electron chi connectivity index (χ4n) is 2.01. The van der Waals surface area contributed by atoms with Crippen LogP contribution < -0.4 is 0 Å². The molecule has 0 aliphatic heterocycles. The van der Waals surface area contributed by atoms with Crippen LogP contribution >= 0.6 is 34.7 Å². The van der Waals surface area contributed by atoms with Gasteiger partial charge in [-0.3, -0.25) is 4.79 Å². The highest BCUT2D eigenvalue weighted by molar-refractivity contribution is 7.09. The van der Waals surface area contributed by atoms with Gasteiger partial charge in [-0.15, -0.1) is 5.10 Å². The van der Waals surface area contributed by atoms with Crippen molar-refractivity contribution in [2.45, 2.75) is 13.0 Å². The number of halogens is 2. The van der Waals surface area contributed by atoms with Crippen LogP contribution in [0.3, 0.4) is 0 Å². The number of carboxylic acid groups (broad SMARTS) is 1. The van der Waals surface area contributed by atoms with E-state index in [2.05, 4.69) is 14.6 Å². The van der Waals surface area contributed by atoms with Crippen molar-refractivity contribution in [3.8, 4) is 10.7 Å². The minimum Gasteiger partial charge on any atom is -0.481 e. The number of carboxylic acids is 1. The van der Waals surface area contributed by atoms with Crippen LogP contribution in [0.4, 0.5) is 0 Å². The maximum Gasteiger partial charge on any atom is 0.305 e. The maximum atomic E-state index is 10.8. The minimum atomic E-state index is -0.884. The molecule has 3 rings (SSSR count). The fourth-order valence-corrected chi connectivity index (χ4v) is 2.84. The molecule has 9 heteroatoms. The number of aliphatic carboxylic acids is 1. The zero-order valence-electron chi connectivity index (χ0n) is 10.5. The van der Waals surface area contributed by atoms with Crippen LogP contribution in [0.25, 0.3) is 21.7 Å². The molecule has 0 bridgehead atoms. The fraction of sp³-hybridized carbons (Fsp3) is 0.167. The van der Waals surface area contributed by atoms with Gasteiger partial charge in [0.2, 0.25) is 0 Å². The van der Waals surface area contributed by atoms with Crippen LogP contribution in [0, 0.1) is 0 Å². The number of imidazole rings is 1. The third kappa shape index (κ3) is 2.72. The molecule has 0 saturated carbocycles. The molecule has 108 valence electrons. The second kappa shape index (κ2) is 5.59. The molecule has 0 saturated heterocycles. The molecular weight excluding hydrogens is 335 g/mol. The van der Waals surface area contributed by atoms with Gasteiger partial charge in [0.15, 0.2) is 5.82 Å². The van der Waals surface area contributed by atoms with Crippen LogP contribution in [-0.4, -0.2) is 30.2 Å². The number of aryl methyl sites for hydroxylation is 1. The van der Waals surface area contributed by atoms with Gasteiger partial charge in [0.25, 0.3) is 0 Å². The van der Waals surface area contributed by atoms with Crippen LogP contribution in [0.5, 0.6) is 0 Å². The Balaban J connectivity index is 2.20. The van der Waals surface area contributed by atoms with Gasteiger partial charge in [0.05, 0.1) is 33.7 Å². The number of fused-ring (bicyclic) bond motifs is 1. The van der Waals surface area contributed by atoms with E-state index in [1.54, 1.807) is 22.9 Å². The Morgan fingerprint density at radius 3 is 2.76 bits per heavy atom. The van der Waals surface area contributed by atoms with Gasteiger partial charge < -0.3 is 9.67 Å². The van der Waals surface area contributed by atoms with Crippen molar-refractivity contribution in [2.75, 3.05) is 0 Å². The van der Waals surface area contributed by atoms with E-state index < -0.39 is 5.97 Å². The molecule has 0 unspecified atom stereocenters. The number of rotatable bonds is 4. The molecule has 3 aromatic rings. The second-order valence-corrected chi connectivity index (χ2v) is 5.87. The summed E-state index contributed by atoms with van der Waals surface area (Å²) in [6.45, 7) is 0.275. The molecule has 0 fully saturated rings. The van der Waals surface area contributed by atoms with Crippen LogP contribution in [0.15, 0.2) is 18.3 Å². The number of benzene rings is 1. The predicted molar refractivity (Wildman–Crippen MR) is 80.9 cm³/mol. The third-order valence-corrected chi connectivity index (χ3v) is 4.30.